The monoisotopic (exact) mass is 336 g/mol. The van der Waals surface area contributed by atoms with Gasteiger partial charge < -0.3 is 10.1 Å². The predicted molar refractivity (Wildman–Crippen MR) is 84.7 cm³/mol. The van der Waals surface area contributed by atoms with Gasteiger partial charge in [-0.15, -0.1) is 0 Å². The van der Waals surface area contributed by atoms with Crippen LogP contribution in [0.5, 0.6) is 0 Å². The lowest BCUT2D eigenvalue weighted by atomic mass is 9.90. The molecule has 1 aliphatic heterocycles. The molecule has 2 N–H and O–H groups in total. The number of aryl methyl sites for hydroxylation is 1. The zero-order valence-corrected chi connectivity index (χ0v) is 13.7. The molecule has 0 bridgehead atoms. The van der Waals surface area contributed by atoms with Crippen molar-refractivity contribution >= 4 is 21.6 Å². The molecular formula is C15H21BrN4. The Hall–Kier alpha value is -0.910. The fourth-order valence-electron chi connectivity index (χ4n) is 3.04. The van der Waals surface area contributed by atoms with Crippen LogP contribution < -0.4 is 5.73 Å². The van der Waals surface area contributed by atoms with E-state index in [0.29, 0.717) is 0 Å². The van der Waals surface area contributed by atoms with Crippen LogP contribution in [0.3, 0.4) is 0 Å². The summed E-state index contributed by atoms with van der Waals surface area (Å²) in [4.78, 5) is 7.03. The van der Waals surface area contributed by atoms with Gasteiger partial charge in [0.05, 0.1) is 11.9 Å². The number of nitrogens with two attached hydrogens (primary N) is 1. The Morgan fingerprint density at radius 3 is 3.00 bits per heavy atom. The van der Waals surface area contributed by atoms with Crippen LogP contribution in [0, 0.1) is 12.3 Å². The second-order valence-electron chi connectivity index (χ2n) is 6.26. The highest BCUT2D eigenvalue weighted by Gasteiger charge is 2.32. The first kappa shape index (κ1) is 14.0. The first-order valence-corrected chi connectivity index (χ1v) is 7.85. The van der Waals surface area contributed by atoms with Crippen LogP contribution in [0.15, 0.2) is 22.9 Å². The molecule has 0 radical (unpaired) electrons. The van der Waals surface area contributed by atoms with Crippen LogP contribution in [0.2, 0.25) is 0 Å². The van der Waals surface area contributed by atoms with E-state index >= 15 is 0 Å². The van der Waals surface area contributed by atoms with Crippen molar-refractivity contribution in [1.82, 2.24) is 14.3 Å². The normalized spacial score (nSPS) is 23.8. The molecule has 3 heterocycles. The van der Waals surface area contributed by atoms with E-state index in [9.17, 15) is 0 Å². The van der Waals surface area contributed by atoms with Gasteiger partial charge in [-0.2, -0.15) is 0 Å². The van der Waals surface area contributed by atoms with E-state index in [2.05, 4.69) is 56.3 Å². The molecule has 3 rings (SSSR count). The van der Waals surface area contributed by atoms with Gasteiger partial charge >= 0.3 is 0 Å². The van der Waals surface area contributed by atoms with Crippen molar-refractivity contribution in [2.45, 2.75) is 26.8 Å². The molecule has 108 valence electrons. The summed E-state index contributed by atoms with van der Waals surface area (Å²) in [6.07, 6.45) is 5.28. The number of rotatable bonds is 3. The summed E-state index contributed by atoms with van der Waals surface area (Å²) in [5, 5.41) is 0. The fraction of sp³-hybridized carbons (Fsp3) is 0.533. The first-order chi connectivity index (χ1) is 9.50. The molecule has 5 heteroatoms. The van der Waals surface area contributed by atoms with Gasteiger partial charge in [-0.3, -0.25) is 4.90 Å². The number of imidazole rings is 1. The SMILES string of the molecule is Cc1cc(Br)cn2c(CN3CCC(C)(CN)C3)cnc12. The quantitative estimate of drug-likeness (QED) is 0.936. The molecule has 2 aromatic heterocycles. The Morgan fingerprint density at radius 1 is 1.50 bits per heavy atom. The Morgan fingerprint density at radius 2 is 2.30 bits per heavy atom. The van der Waals surface area contributed by atoms with Gasteiger partial charge in [0.2, 0.25) is 0 Å². The number of pyridine rings is 1. The van der Waals surface area contributed by atoms with Gasteiger partial charge in [-0.25, -0.2) is 4.98 Å². The Balaban J connectivity index is 1.85. The predicted octanol–water partition coefficient (Wildman–Crippen LogP) is 2.58. The van der Waals surface area contributed by atoms with E-state index in [1.165, 1.54) is 17.7 Å². The van der Waals surface area contributed by atoms with Crippen LogP contribution in [-0.2, 0) is 6.54 Å². The minimum absolute atomic E-state index is 0.275. The summed E-state index contributed by atoms with van der Waals surface area (Å²) in [6, 6.07) is 2.10. The van der Waals surface area contributed by atoms with Crippen molar-refractivity contribution in [3.05, 3.63) is 34.2 Å². The molecule has 1 aliphatic rings. The van der Waals surface area contributed by atoms with Crippen molar-refractivity contribution in [3.63, 3.8) is 0 Å². The molecule has 0 aliphatic carbocycles. The highest BCUT2D eigenvalue weighted by Crippen LogP contribution is 2.29. The number of nitrogens with zero attached hydrogens (tertiary/aromatic N) is 3. The van der Waals surface area contributed by atoms with E-state index in [1.54, 1.807) is 0 Å². The maximum atomic E-state index is 5.88. The van der Waals surface area contributed by atoms with Crippen LogP contribution >= 0.6 is 15.9 Å². The standard InChI is InChI=1S/C15H21BrN4/c1-11-5-12(16)7-20-13(6-18-14(11)20)8-19-4-3-15(2,9-17)10-19/h5-7H,3-4,8-10,17H2,1-2H3. The summed E-state index contributed by atoms with van der Waals surface area (Å²) in [5.41, 5.74) is 9.64. The topological polar surface area (TPSA) is 46.6 Å². The minimum Gasteiger partial charge on any atom is -0.330 e. The second kappa shape index (κ2) is 5.13. The third kappa shape index (κ3) is 2.50. The van der Waals surface area contributed by atoms with Gasteiger partial charge in [0, 0.05) is 23.8 Å². The summed E-state index contributed by atoms with van der Waals surface area (Å²) in [7, 11) is 0. The third-order valence-corrected chi connectivity index (χ3v) is 4.78. The Bertz CT molecular complexity index is 636. The molecule has 2 aromatic rings. The molecule has 0 saturated carbocycles. The molecule has 1 atom stereocenters. The summed E-state index contributed by atoms with van der Waals surface area (Å²) in [6.45, 7) is 8.27. The number of halogens is 1. The smallest absolute Gasteiger partial charge is 0.139 e. The molecule has 0 amide bonds. The minimum atomic E-state index is 0.275. The number of likely N-dealkylation sites (tertiary alicyclic amines) is 1. The van der Waals surface area contributed by atoms with E-state index in [1.807, 2.05) is 6.20 Å². The molecule has 20 heavy (non-hydrogen) atoms. The molecule has 1 saturated heterocycles. The number of hydrogen-bond acceptors (Lipinski definition) is 3. The fourth-order valence-corrected chi connectivity index (χ4v) is 3.59. The zero-order valence-electron chi connectivity index (χ0n) is 12.1. The lowest BCUT2D eigenvalue weighted by Crippen LogP contribution is -2.31. The van der Waals surface area contributed by atoms with Crippen LogP contribution in [0.4, 0.5) is 0 Å². The van der Waals surface area contributed by atoms with Crippen molar-refractivity contribution in [2.75, 3.05) is 19.6 Å². The van der Waals surface area contributed by atoms with Gasteiger partial charge in [-0.05, 0) is 59.4 Å². The number of fused-ring (bicyclic) bond motifs is 1. The molecular weight excluding hydrogens is 316 g/mol. The largest absolute Gasteiger partial charge is 0.330 e. The van der Waals surface area contributed by atoms with Crippen LogP contribution in [0.1, 0.15) is 24.6 Å². The van der Waals surface area contributed by atoms with Gasteiger partial charge in [0.25, 0.3) is 0 Å². The maximum absolute atomic E-state index is 5.88. The summed E-state index contributed by atoms with van der Waals surface area (Å²) >= 11 is 3.57. The molecule has 0 aromatic carbocycles. The Kier molecular flexibility index (Phi) is 3.60. The van der Waals surface area contributed by atoms with E-state index in [-0.39, 0.29) is 5.41 Å². The zero-order chi connectivity index (χ0) is 14.3. The molecule has 1 fully saturated rings. The molecule has 1 unspecified atom stereocenters. The van der Waals surface area contributed by atoms with Gasteiger partial charge in [0.1, 0.15) is 5.65 Å². The lowest BCUT2D eigenvalue weighted by molar-refractivity contribution is 0.271. The molecule has 4 nitrogen and oxygen atoms in total. The van der Waals surface area contributed by atoms with Crippen molar-refractivity contribution in [2.24, 2.45) is 11.1 Å². The van der Waals surface area contributed by atoms with E-state index in [0.717, 1.165) is 36.3 Å². The third-order valence-electron chi connectivity index (χ3n) is 4.35. The van der Waals surface area contributed by atoms with Crippen molar-refractivity contribution in [3.8, 4) is 0 Å². The van der Waals surface area contributed by atoms with Crippen LogP contribution in [-0.4, -0.2) is 33.9 Å². The van der Waals surface area contributed by atoms with Crippen molar-refractivity contribution < 1.29 is 0 Å². The van der Waals surface area contributed by atoms with E-state index < -0.39 is 0 Å². The Labute approximate surface area is 128 Å². The average molecular weight is 337 g/mol. The lowest BCUT2D eigenvalue weighted by Gasteiger charge is -2.22. The first-order valence-electron chi connectivity index (χ1n) is 7.05. The number of hydrogen-bond donors (Lipinski definition) is 1. The average Bonchev–Trinajstić information content (AvgIpc) is 2.96. The summed E-state index contributed by atoms with van der Waals surface area (Å²) in [5.74, 6) is 0. The van der Waals surface area contributed by atoms with Gasteiger partial charge in [-0.1, -0.05) is 6.92 Å². The highest BCUT2D eigenvalue weighted by atomic mass is 79.9. The van der Waals surface area contributed by atoms with Crippen LogP contribution in [0.25, 0.3) is 5.65 Å². The molecule has 0 spiro atoms. The summed E-state index contributed by atoms with van der Waals surface area (Å²) < 4.78 is 3.28. The maximum Gasteiger partial charge on any atom is 0.139 e. The number of aromatic nitrogens is 2. The highest BCUT2D eigenvalue weighted by molar-refractivity contribution is 9.10. The van der Waals surface area contributed by atoms with E-state index in [4.69, 9.17) is 5.73 Å². The van der Waals surface area contributed by atoms with Crippen molar-refractivity contribution in [1.29, 1.82) is 0 Å². The second-order valence-corrected chi connectivity index (χ2v) is 7.18. The van der Waals surface area contributed by atoms with Gasteiger partial charge in [0.15, 0.2) is 0 Å².